The Morgan fingerprint density at radius 2 is 2.23 bits per heavy atom. The van der Waals surface area contributed by atoms with E-state index < -0.39 is 0 Å². The van der Waals surface area contributed by atoms with E-state index >= 15 is 0 Å². The van der Waals surface area contributed by atoms with E-state index in [0.29, 0.717) is 5.52 Å². The molecule has 2 rings (SSSR count). The molecule has 2 nitrogen and oxygen atoms in total. The average molecular weight is 174 g/mol. The van der Waals surface area contributed by atoms with Crippen LogP contribution in [0.3, 0.4) is 0 Å². The van der Waals surface area contributed by atoms with Crippen LogP contribution in [-0.2, 0) is 6.54 Å². The second kappa shape index (κ2) is 2.91. The molecule has 1 heterocycles. The topological polar surface area (TPSA) is 28.7 Å². The second-order valence-corrected chi connectivity index (χ2v) is 2.78. The van der Waals surface area contributed by atoms with E-state index in [-0.39, 0.29) is 12.4 Å². The minimum absolute atomic E-state index is 0.185. The predicted molar refractivity (Wildman–Crippen MR) is 47.5 cm³/mol. The molecule has 0 bridgehead atoms. The van der Waals surface area contributed by atoms with Gasteiger partial charge in [-0.25, -0.2) is 4.39 Å². The fraction of sp³-hybridized carbons (Fsp3) is 0.100. The summed E-state index contributed by atoms with van der Waals surface area (Å²) in [4.78, 5) is 0. The molecule has 0 spiro atoms. The highest BCUT2D eigenvalue weighted by Crippen LogP contribution is 2.18. The van der Waals surface area contributed by atoms with Gasteiger partial charge in [0, 0.05) is 11.6 Å². The smallest absolute Gasteiger partial charge is 0.147 e. The standard InChI is InChI=1S/C10H7FN2/c11-9-3-1-2-8-4-6-13(7-5-12)10(8)9/h1-4,6H,7H2. The molecule has 0 saturated carbocycles. The molecular weight excluding hydrogens is 167 g/mol. The average Bonchev–Trinajstić information content (AvgIpc) is 2.51. The Hall–Kier alpha value is -1.82. The first-order valence-corrected chi connectivity index (χ1v) is 3.93. The van der Waals surface area contributed by atoms with Crippen LogP contribution in [0.15, 0.2) is 30.5 Å². The Balaban J connectivity index is 2.73. The lowest BCUT2D eigenvalue weighted by Gasteiger charge is -1.99. The van der Waals surface area contributed by atoms with Crippen LogP contribution in [0, 0.1) is 17.1 Å². The molecule has 2 aromatic rings. The van der Waals surface area contributed by atoms with Gasteiger partial charge in [0.1, 0.15) is 12.4 Å². The number of benzene rings is 1. The zero-order chi connectivity index (χ0) is 9.26. The second-order valence-electron chi connectivity index (χ2n) is 2.78. The largest absolute Gasteiger partial charge is 0.331 e. The van der Waals surface area contributed by atoms with E-state index in [1.165, 1.54) is 6.07 Å². The number of aromatic nitrogens is 1. The number of halogens is 1. The van der Waals surface area contributed by atoms with Crippen LogP contribution in [0.5, 0.6) is 0 Å². The first-order chi connectivity index (χ1) is 6.33. The number of hydrogen-bond acceptors (Lipinski definition) is 1. The number of nitriles is 1. The molecule has 1 aromatic heterocycles. The lowest BCUT2D eigenvalue weighted by Crippen LogP contribution is -1.94. The summed E-state index contributed by atoms with van der Waals surface area (Å²) in [5.41, 5.74) is 0.504. The summed E-state index contributed by atoms with van der Waals surface area (Å²) in [7, 11) is 0. The third-order valence-corrected chi connectivity index (χ3v) is 1.98. The van der Waals surface area contributed by atoms with Crippen LogP contribution < -0.4 is 0 Å². The van der Waals surface area contributed by atoms with Gasteiger partial charge in [-0.15, -0.1) is 0 Å². The van der Waals surface area contributed by atoms with Crippen molar-refractivity contribution in [1.82, 2.24) is 4.57 Å². The van der Waals surface area contributed by atoms with E-state index in [9.17, 15) is 4.39 Å². The van der Waals surface area contributed by atoms with Crippen LogP contribution >= 0.6 is 0 Å². The number of fused-ring (bicyclic) bond motifs is 1. The van der Waals surface area contributed by atoms with Crippen molar-refractivity contribution in [3.05, 3.63) is 36.3 Å². The van der Waals surface area contributed by atoms with E-state index in [1.54, 1.807) is 22.9 Å². The molecule has 0 aliphatic rings. The molecule has 0 aliphatic carbocycles. The molecule has 0 atom stereocenters. The molecule has 0 aliphatic heterocycles. The van der Waals surface area contributed by atoms with Crippen molar-refractivity contribution in [2.75, 3.05) is 0 Å². The number of hydrogen-bond donors (Lipinski definition) is 0. The SMILES string of the molecule is N#CCn1ccc2cccc(F)c21. The lowest BCUT2D eigenvalue weighted by atomic mass is 10.2. The van der Waals surface area contributed by atoms with Crippen LogP contribution in [0.25, 0.3) is 10.9 Å². The third kappa shape index (κ3) is 1.17. The first-order valence-electron chi connectivity index (χ1n) is 3.93. The van der Waals surface area contributed by atoms with Gasteiger partial charge in [0.25, 0.3) is 0 Å². The molecule has 0 saturated heterocycles. The van der Waals surface area contributed by atoms with Gasteiger partial charge in [0.05, 0.1) is 11.6 Å². The molecule has 0 amide bonds. The van der Waals surface area contributed by atoms with Gasteiger partial charge >= 0.3 is 0 Å². The monoisotopic (exact) mass is 174 g/mol. The normalized spacial score (nSPS) is 10.2. The third-order valence-electron chi connectivity index (χ3n) is 1.98. The first kappa shape index (κ1) is 7.81. The van der Waals surface area contributed by atoms with Crippen LogP contribution in [0.1, 0.15) is 0 Å². The summed E-state index contributed by atoms with van der Waals surface area (Å²) < 4.78 is 14.9. The molecule has 13 heavy (non-hydrogen) atoms. The maximum Gasteiger partial charge on any atom is 0.147 e. The highest BCUT2D eigenvalue weighted by atomic mass is 19.1. The number of rotatable bonds is 1. The Morgan fingerprint density at radius 3 is 3.00 bits per heavy atom. The Bertz CT molecular complexity index is 479. The number of nitrogens with zero attached hydrogens (tertiary/aromatic N) is 2. The highest BCUT2D eigenvalue weighted by Gasteiger charge is 2.04. The fourth-order valence-corrected chi connectivity index (χ4v) is 1.42. The van der Waals surface area contributed by atoms with Gasteiger partial charge in [-0.1, -0.05) is 12.1 Å². The maximum absolute atomic E-state index is 13.3. The summed E-state index contributed by atoms with van der Waals surface area (Å²) in [5, 5.41) is 9.32. The van der Waals surface area contributed by atoms with E-state index in [2.05, 4.69) is 0 Å². The van der Waals surface area contributed by atoms with Gasteiger partial charge in [-0.05, 0) is 12.1 Å². The van der Waals surface area contributed by atoms with Crippen LogP contribution in [0.4, 0.5) is 4.39 Å². The molecule has 3 heteroatoms. The summed E-state index contributed by atoms with van der Waals surface area (Å²) >= 11 is 0. The van der Waals surface area contributed by atoms with Crippen molar-refractivity contribution >= 4 is 10.9 Å². The molecule has 1 aromatic carbocycles. The minimum Gasteiger partial charge on any atom is -0.331 e. The maximum atomic E-state index is 13.3. The predicted octanol–water partition coefficient (Wildman–Crippen LogP) is 2.30. The quantitative estimate of drug-likeness (QED) is 0.652. The minimum atomic E-state index is -0.280. The zero-order valence-electron chi connectivity index (χ0n) is 6.87. The van der Waals surface area contributed by atoms with Crippen molar-refractivity contribution in [3.8, 4) is 6.07 Å². The van der Waals surface area contributed by atoms with E-state index in [1.807, 2.05) is 12.1 Å². The van der Waals surface area contributed by atoms with Gasteiger partial charge in [-0.2, -0.15) is 5.26 Å². The van der Waals surface area contributed by atoms with Crippen molar-refractivity contribution < 1.29 is 4.39 Å². The molecule has 0 radical (unpaired) electrons. The zero-order valence-corrected chi connectivity index (χ0v) is 6.87. The van der Waals surface area contributed by atoms with Gasteiger partial charge in [0.2, 0.25) is 0 Å². The summed E-state index contributed by atoms with van der Waals surface area (Å²) in [6, 6.07) is 8.67. The van der Waals surface area contributed by atoms with Crippen molar-refractivity contribution in [2.45, 2.75) is 6.54 Å². The molecule has 64 valence electrons. The van der Waals surface area contributed by atoms with E-state index in [0.717, 1.165) is 5.39 Å². The Labute approximate surface area is 74.8 Å². The van der Waals surface area contributed by atoms with Gasteiger partial charge < -0.3 is 4.57 Å². The van der Waals surface area contributed by atoms with Gasteiger partial charge in [0.15, 0.2) is 0 Å². The number of para-hydroxylation sites is 1. The van der Waals surface area contributed by atoms with Crippen LogP contribution in [-0.4, -0.2) is 4.57 Å². The fourth-order valence-electron chi connectivity index (χ4n) is 1.42. The van der Waals surface area contributed by atoms with Crippen molar-refractivity contribution in [2.24, 2.45) is 0 Å². The highest BCUT2D eigenvalue weighted by molar-refractivity contribution is 5.80. The molecule has 0 unspecified atom stereocenters. The van der Waals surface area contributed by atoms with E-state index in [4.69, 9.17) is 5.26 Å². The summed E-state index contributed by atoms with van der Waals surface area (Å²) in [6.07, 6.45) is 1.72. The molecular formula is C10H7FN2. The molecule has 0 fully saturated rings. The van der Waals surface area contributed by atoms with Crippen LogP contribution in [0.2, 0.25) is 0 Å². The van der Waals surface area contributed by atoms with Crippen molar-refractivity contribution in [1.29, 1.82) is 5.26 Å². The lowest BCUT2D eigenvalue weighted by molar-refractivity contribution is 0.629. The summed E-state index contributed by atoms with van der Waals surface area (Å²) in [6.45, 7) is 0.185. The van der Waals surface area contributed by atoms with Gasteiger partial charge in [-0.3, -0.25) is 0 Å². The summed E-state index contributed by atoms with van der Waals surface area (Å²) in [5.74, 6) is -0.280. The van der Waals surface area contributed by atoms with Crippen molar-refractivity contribution in [3.63, 3.8) is 0 Å². The molecule has 0 N–H and O–H groups in total. The Morgan fingerprint density at radius 1 is 1.38 bits per heavy atom. The Kier molecular flexibility index (Phi) is 1.75.